The number of hydrogen-bond donors (Lipinski definition) is 2. The minimum atomic E-state index is -4.68. The van der Waals surface area contributed by atoms with Crippen molar-refractivity contribution >= 4 is 22.6 Å². The van der Waals surface area contributed by atoms with E-state index >= 15 is 0 Å². The number of aliphatic hydroxyl groups is 1. The van der Waals surface area contributed by atoms with Gasteiger partial charge in [0, 0.05) is 36.8 Å². The van der Waals surface area contributed by atoms with Crippen LogP contribution in [0, 0.1) is 12.7 Å². The maximum absolute atomic E-state index is 14.6. The van der Waals surface area contributed by atoms with Crippen molar-refractivity contribution in [3.8, 4) is 17.3 Å². The van der Waals surface area contributed by atoms with Crippen LogP contribution in [0.4, 0.5) is 22.4 Å². The zero-order chi connectivity index (χ0) is 32.6. The number of alkyl carbamates (subject to hydrolysis) is 1. The lowest BCUT2D eigenvalue weighted by Crippen LogP contribution is -2.41. The standard InChI is InChI=1S/C29H26F4N6O7/c1-15-23(46-28(42)45-15)14-44-27(41)34-18-6-7-38(13-18)25(29(31,32)33)17-3-5-24-36-37-26(39(24)12-17)20-4-2-16-10-19(30)22(43-9-8-40)11-21(16)35-20/h2-5,10-12,18,25,40H,6-9,13-14H2,1H3,(H,34,41). The molecule has 46 heavy (non-hydrogen) atoms. The number of halogens is 4. The number of aliphatic hydroxyl groups excluding tert-OH is 1. The summed E-state index contributed by atoms with van der Waals surface area (Å²) < 4.78 is 79.2. The van der Waals surface area contributed by atoms with Crippen LogP contribution in [0.15, 0.2) is 56.2 Å². The van der Waals surface area contributed by atoms with E-state index in [9.17, 15) is 27.2 Å². The first-order valence-corrected chi connectivity index (χ1v) is 14.0. The molecule has 1 amide bonds. The quantitative estimate of drug-likeness (QED) is 0.224. The SMILES string of the molecule is Cc1oc(=O)oc1COC(=O)NC1CCN(C(c2ccc3nnc(-c4ccc5cc(F)c(OCCO)cc5n4)n3c2)C(F)(F)F)C1. The topological polar surface area (TPSA) is 157 Å². The molecule has 1 fully saturated rings. The highest BCUT2D eigenvalue weighted by Gasteiger charge is 2.47. The molecule has 0 spiro atoms. The lowest BCUT2D eigenvalue weighted by atomic mass is 10.1. The number of benzene rings is 1. The van der Waals surface area contributed by atoms with Crippen molar-refractivity contribution < 1.29 is 45.8 Å². The van der Waals surface area contributed by atoms with Gasteiger partial charge in [-0.05, 0) is 37.1 Å². The second-order valence-corrected chi connectivity index (χ2v) is 10.5. The van der Waals surface area contributed by atoms with Crippen molar-refractivity contribution in [2.45, 2.75) is 38.2 Å². The first-order chi connectivity index (χ1) is 22.0. The van der Waals surface area contributed by atoms with E-state index in [4.69, 9.17) is 23.4 Å². The summed E-state index contributed by atoms with van der Waals surface area (Å²) in [6.45, 7) is 0.559. The fraction of sp³-hybridized carbons (Fsp3) is 0.345. The Kier molecular flexibility index (Phi) is 8.35. The summed E-state index contributed by atoms with van der Waals surface area (Å²) in [6.07, 6.45) is -4.03. The molecule has 6 rings (SSSR count). The summed E-state index contributed by atoms with van der Waals surface area (Å²) in [6, 6.07) is 5.82. The first-order valence-electron chi connectivity index (χ1n) is 14.0. The number of likely N-dealkylation sites (tertiary alicyclic amines) is 1. The fourth-order valence-corrected chi connectivity index (χ4v) is 5.35. The normalized spacial score (nSPS) is 16.3. The van der Waals surface area contributed by atoms with Gasteiger partial charge in [0.25, 0.3) is 0 Å². The molecule has 4 aromatic heterocycles. The largest absolute Gasteiger partial charge is 0.519 e. The number of nitrogens with zero attached hydrogens (tertiary/aromatic N) is 5. The molecule has 1 saturated heterocycles. The number of fused-ring (bicyclic) bond motifs is 2. The Morgan fingerprint density at radius 3 is 2.76 bits per heavy atom. The highest BCUT2D eigenvalue weighted by atomic mass is 19.4. The maximum Gasteiger partial charge on any atom is 0.519 e. The van der Waals surface area contributed by atoms with Gasteiger partial charge in [0.05, 0.1) is 12.1 Å². The predicted octanol–water partition coefficient (Wildman–Crippen LogP) is 3.91. The van der Waals surface area contributed by atoms with Crippen molar-refractivity contribution in [3.05, 3.63) is 76.1 Å². The van der Waals surface area contributed by atoms with Crippen LogP contribution >= 0.6 is 0 Å². The summed E-state index contributed by atoms with van der Waals surface area (Å²) in [5, 5.41) is 20.2. The highest BCUT2D eigenvalue weighted by Crippen LogP contribution is 2.40. The number of amides is 1. The van der Waals surface area contributed by atoms with Crippen LogP contribution in [-0.2, 0) is 11.3 Å². The van der Waals surface area contributed by atoms with Gasteiger partial charge in [0.2, 0.25) is 0 Å². The van der Waals surface area contributed by atoms with Gasteiger partial charge in [-0.3, -0.25) is 9.30 Å². The van der Waals surface area contributed by atoms with Crippen LogP contribution in [0.1, 0.15) is 29.5 Å². The van der Waals surface area contributed by atoms with Gasteiger partial charge in [-0.25, -0.2) is 19.0 Å². The number of aromatic nitrogens is 4. The molecular weight excluding hydrogens is 620 g/mol. The molecule has 5 heterocycles. The van der Waals surface area contributed by atoms with Gasteiger partial charge in [0.15, 0.2) is 41.2 Å². The van der Waals surface area contributed by atoms with E-state index in [0.717, 1.165) is 0 Å². The molecule has 1 aliphatic rings. The van der Waals surface area contributed by atoms with Gasteiger partial charge in [-0.2, -0.15) is 13.2 Å². The summed E-state index contributed by atoms with van der Waals surface area (Å²) in [7, 11) is 0. The molecule has 2 N–H and O–H groups in total. The van der Waals surface area contributed by atoms with E-state index < -0.39 is 36.0 Å². The van der Waals surface area contributed by atoms with Crippen molar-refractivity contribution in [2.75, 3.05) is 26.3 Å². The zero-order valence-electron chi connectivity index (χ0n) is 24.1. The maximum atomic E-state index is 14.6. The fourth-order valence-electron chi connectivity index (χ4n) is 5.35. The number of hydrogen-bond acceptors (Lipinski definition) is 11. The first kappa shape index (κ1) is 31.0. The molecule has 1 aliphatic heterocycles. The van der Waals surface area contributed by atoms with E-state index in [0.29, 0.717) is 10.9 Å². The van der Waals surface area contributed by atoms with Crippen molar-refractivity contribution in [3.63, 3.8) is 0 Å². The van der Waals surface area contributed by atoms with Crippen LogP contribution in [-0.4, -0.2) is 74.2 Å². The molecule has 13 nitrogen and oxygen atoms in total. The lowest BCUT2D eigenvalue weighted by molar-refractivity contribution is -0.184. The van der Waals surface area contributed by atoms with Crippen LogP contribution in [0.25, 0.3) is 28.1 Å². The Labute approximate surface area is 256 Å². The number of carbonyl (C=O) groups is 1. The average Bonchev–Trinajstić information content (AvgIpc) is 3.72. The van der Waals surface area contributed by atoms with E-state index in [1.165, 1.54) is 46.7 Å². The van der Waals surface area contributed by atoms with Crippen molar-refractivity contribution in [2.24, 2.45) is 0 Å². The third kappa shape index (κ3) is 6.36. The molecule has 0 aliphatic carbocycles. The van der Waals surface area contributed by atoms with Crippen LogP contribution in [0.2, 0.25) is 0 Å². The number of alkyl halides is 3. The van der Waals surface area contributed by atoms with Crippen molar-refractivity contribution in [1.29, 1.82) is 0 Å². The second-order valence-electron chi connectivity index (χ2n) is 10.5. The van der Waals surface area contributed by atoms with E-state index in [1.807, 2.05) is 0 Å². The molecule has 0 radical (unpaired) electrons. The minimum Gasteiger partial charge on any atom is -0.488 e. The Morgan fingerprint density at radius 1 is 1.20 bits per heavy atom. The van der Waals surface area contributed by atoms with E-state index in [2.05, 4.69) is 20.5 Å². The van der Waals surface area contributed by atoms with E-state index in [-0.39, 0.29) is 79.3 Å². The monoisotopic (exact) mass is 646 g/mol. The van der Waals surface area contributed by atoms with Crippen molar-refractivity contribution in [1.82, 2.24) is 29.8 Å². The van der Waals surface area contributed by atoms with Gasteiger partial charge >= 0.3 is 18.1 Å². The smallest absolute Gasteiger partial charge is 0.488 e. The number of nitrogens with one attached hydrogen (secondary N) is 1. The molecule has 0 saturated carbocycles. The summed E-state index contributed by atoms with van der Waals surface area (Å²) in [5.41, 5.74) is 0.804. The molecule has 17 heteroatoms. The lowest BCUT2D eigenvalue weighted by Gasteiger charge is -2.30. The minimum absolute atomic E-state index is 0.0266. The molecular formula is C29H26F4N6O7. The Balaban J connectivity index is 1.22. The van der Waals surface area contributed by atoms with E-state index in [1.54, 1.807) is 12.1 Å². The highest BCUT2D eigenvalue weighted by molar-refractivity contribution is 5.82. The van der Waals surface area contributed by atoms with Gasteiger partial charge in [-0.1, -0.05) is 12.1 Å². The van der Waals surface area contributed by atoms with Crippen LogP contribution < -0.4 is 15.9 Å². The molecule has 2 unspecified atom stereocenters. The summed E-state index contributed by atoms with van der Waals surface area (Å²) in [5.74, 6) is -1.35. The van der Waals surface area contributed by atoms with Gasteiger partial charge in [0.1, 0.15) is 18.3 Å². The number of ether oxygens (including phenoxy) is 2. The third-order valence-corrected chi connectivity index (χ3v) is 7.45. The number of aryl methyl sites for hydroxylation is 1. The molecule has 2 atom stereocenters. The number of carbonyl (C=O) groups excluding carboxylic acids is 1. The Hall–Kier alpha value is -5.03. The molecule has 1 aromatic carbocycles. The predicted molar refractivity (Wildman–Crippen MR) is 150 cm³/mol. The summed E-state index contributed by atoms with van der Waals surface area (Å²) >= 11 is 0. The van der Waals surface area contributed by atoms with Crippen LogP contribution in [0.5, 0.6) is 5.75 Å². The number of pyridine rings is 2. The molecule has 0 bridgehead atoms. The number of rotatable bonds is 9. The van der Waals surface area contributed by atoms with Gasteiger partial charge in [-0.15, -0.1) is 10.2 Å². The Morgan fingerprint density at radius 2 is 2.02 bits per heavy atom. The molecule has 242 valence electrons. The zero-order valence-corrected chi connectivity index (χ0v) is 24.1. The summed E-state index contributed by atoms with van der Waals surface area (Å²) in [4.78, 5) is 29.2. The third-order valence-electron chi connectivity index (χ3n) is 7.45. The van der Waals surface area contributed by atoms with Crippen LogP contribution in [0.3, 0.4) is 0 Å². The second kappa shape index (κ2) is 12.4. The molecule has 5 aromatic rings. The average molecular weight is 647 g/mol. The Bertz CT molecular complexity index is 1960. The van der Waals surface area contributed by atoms with Gasteiger partial charge < -0.3 is 28.7 Å².